The third-order valence-electron chi connectivity index (χ3n) is 3.32. The molecule has 114 valence electrons. The third-order valence-corrected chi connectivity index (χ3v) is 4.21. The summed E-state index contributed by atoms with van der Waals surface area (Å²) in [5.74, 6) is 0.295. The van der Waals surface area contributed by atoms with Crippen LogP contribution in [-0.2, 0) is 11.2 Å². The van der Waals surface area contributed by atoms with Gasteiger partial charge in [0.2, 0.25) is 0 Å². The molecule has 0 aliphatic rings. The Morgan fingerprint density at radius 1 is 1.40 bits per heavy atom. The Balaban J connectivity index is 2.70. The molecule has 0 saturated carbocycles. The highest BCUT2D eigenvalue weighted by Gasteiger charge is 2.15. The maximum atomic E-state index is 13.6. The predicted molar refractivity (Wildman–Crippen MR) is 85.5 cm³/mol. The first-order chi connectivity index (χ1) is 9.58. The van der Waals surface area contributed by atoms with Gasteiger partial charge in [-0.25, -0.2) is 4.39 Å². The molecular weight excluding hydrogens is 321 g/mol. The highest BCUT2D eigenvalue weighted by Crippen LogP contribution is 2.23. The van der Waals surface area contributed by atoms with Crippen LogP contribution < -0.4 is 5.32 Å². The molecule has 2 nitrogen and oxygen atoms in total. The topological polar surface area (TPSA) is 21.3 Å². The van der Waals surface area contributed by atoms with Crippen molar-refractivity contribution in [2.24, 2.45) is 5.92 Å². The fraction of sp³-hybridized carbons (Fsp3) is 0.625. The quantitative estimate of drug-likeness (QED) is 0.725. The van der Waals surface area contributed by atoms with Crippen LogP contribution in [0.1, 0.15) is 32.3 Å². The minimum atomic E-state index is -0.193. The zero-order valence-electron chi connectivity index (χ0n) is 12.6. The molecule has 1 N–H and O–H groups in total. The standard InChI is InChI=1S/C16H25BrFNO/c1-4-8-19-14(9-12(2)11-20-3)10-13-6-5-7-15(18)16(13)17/h5-7,12,14,19H,4,8-11H2,1-3H3. The Morgan fingerprint density at radius 2 is 2.15 bits per heavy atom. The van der Waals surface area contributed by atoms with Crippen LogP contribution in [0.3, 0.4) is 0 Å². The van der Waals surface area contributed by atoms with Crippen molar-refractivity contribution in [3.63, 3.8) is 0 Å². The second-order valence-electron chi connectivity index (χ2n) is 5.36. The maximum absolute atomic E-state index is 13.6. The second kappa shape index (κ2) is 9.48. The van der Waals surface area contributed by atoms with E-state index in [4.69, 9.17) is 4.74 Å². The van der Waals surface area contributed by atoms with Crippen molar-refractivity contribution in [1.29, 1.82) is 0 Å². The lowest BCUT2D eigenvalue weighted by molar-refractivity contribution is 0.149. The number of nitrogens with one attached hydrogen (secondary N) is 1. The monoisotopic (exact) mass is 345 g/mol. The molecule has 0 heterocycles. The first-order valence-electron chi connectivity index (χ1n) is 7.23. The lowest BCUT2D eigenvalue weighted by Crippen LogP contribution is -2.34. The maximum Gasteiger partial charge on any atom is 0.137 e. The van der Waals surface area contributed by atoms with Gasteiger partial charge in [0.25, 0.3) is 0 Å². The van der Waals surface area contributed by atoms with Crippen molar-refractivity contribution in [1.82, 2.24) is 5.32 Å². The lowest BCUT2D eigenvalue weighted by Gasteiger charge is -2.22. The van der Waals surface area contributed by atoms with Gasteiger partial charge in [-0.1, -0.05) is 26.0 Å². The van der Waals surface area contributed by atoms with Gasteiger partial charge in [0, 0.05) is 19.8 Å². The van der Waals surface area contributed by atoms with E-state index in [1.54, 1.807) is 13.2 Å². The molecule has 2 atom stereocenters. The highest BCUT2D eigenvalue weighted by molar-refractivity contribution is 9.10. The van der Waals surface area contributed by atoms with Gasteiger partial charge in [0.05, 0.1) is 4.47 Å². The van der Waals surface area contributed by atoms with Gasteiger partial charge in [-0.05, 0) is 59.3 Å². The average Bonchev–Trinajstić information content (AvgIpc) is 2.41. The smallest absolute Gasteiger partial charge is 0.137 e. The van der Waals surface area contributed by atoms with Gasteiger partial charge in [-0.2, -0.15) is 0 Å². The zero-order valence-corrected chi connectivity index (χ0v) is 14.2. The van der Waals surface area contributed by atoms with Crippen molar-refractivity contribution in [3.05, 3.63) is 34.1 Å². The average molecular weight is 346 g/mol. The molecule has 20 heavy (non-hydrogen) atoms. The number of hydrogen-bond acceptors (Lipinski definition) is 2. The minimum absolute atomic E-state index is 0.193. The van der Waals surface area contributed by atoms with Crippen molar-refractivity contribution < 1.29 is 9.13 Å². The second-order valence-corrected chi connectivity index (χ2v) is 6.16. The normalized spacial score (nSPS) is 14.2. The molecular formula is C16H25BrFNO. The van der Waals surface area contributed by atoms with E-state index in [0.29, 0.717) is 16.4 Å². The Hall–Kier alpha value is -0.450. The van der Waals surface area contributed by atoms with E-state index < -0.39 is 0 Å². The molecule has 0 saturated heterocycles. The Bertz CT molecular complexity index is 400. The highest BCUT2D eigenvalue weighted by atomic mass is 79.9. The first-order valence-corrected chi connectivity index (χ1v) is 8.03. The van der Waals surface area contributed by atoms with E-state index in [2.05, 4.69) is 35.1 Å². The van der Waals surface area contributed by atoms with E-state index in [1.807, 2.05) is 6.07 Å². The molecule has 2 unspecified atom stereocenters. The number of hydrogen-bond donors (Lipinski definition) is 1. The number of ether oxygens (including phenoxy) is 1. The zero-order chi connectivity index (χ0) is 15.0. The molecule has 0 aliphatic carbocycles. The van der Waals surface area contributed by atoms with Crippen molar-refractivity contribution in [3.8, 4) is 0 Å². The summed E-state index contributed by atoms with van der Waals surface area (Å²) in [6.07, 6.45) is 2.95. The van der Waals surface area contributed by atoms with Crippen LogP contribution in [0.25, 0.3) is 0 Å². The van der Waals surface area contributed by atoms with E-state index in [1.165, 1.54) is 6.07 Å². The Labute approximate surface area is 130 Å². The van der Waals surface area contributed by atoms with E-state index >= 15 is 0 Å². The first kappa shape index (κ1) is 17.6. The summed E-state index contributed by atoms with van der Waals surface area (Å²) < 4.78 is 19.4. The fourth-order valence-electron chi connectivity index (χ4n) is 2.40. The Morgan fingerprint density at radius 3 is 2.80 bits per heavy atom. The van der Waals surface area contributed by atoms with Gasteiger partial charge >= 0.3 is 0 Å². The van der Waals surface area contributed by atoms with Crippen LogP contribution in [0.5, 0.6) is 0 Å². The molecule has 0 radical (unpaired) electrons. The molecule has 1 aromatic carbocycles. The van der Waals surface area contributed by atoms with Crippen LogP contribution in [0.2, 0.25) is 0 Å². The van der Waals surface area contributed by atoms with Gasteiger partial charge < -0.3 is 10.1 Å². The van der Waals surface area contributed by atoms with Crippen molar-refractivity contribution in [2.75, 3.05) is 20.3 Å². The Kier molecular flexibility index (Phi) is 8.34. The van der Waals surface area contributed by atoms with E-state index in [-0.39, 0.29) is 5.82 Å². The van der Waals surface area contributed by atoms with Gasteiger partial charge in [0.15, 0.2) is 0 Å². The lowest BCUT2D eigenvalue weighted by atomic mass is 9.96. The van der Waals surface area contributed by atoms with Crippen LogP contribution in [0.15, 0.2) is 22.7 Å². The SMILES string of the molecule is CCCNC(Cc1cccc(F)c1Br)CC(C)COC. The molecule has 0 amide bonds. The molecule has 0 aliphatic heterocycles. The summed E-state index contributed by atoms with van der Waals surface area (Å²) in [6.45, 7) is 6.08. The summed E-state index contributed by atoms with van der Waals surface area (Å²) in [6, 6.07) is 5.58. The van der Waals surface area contributed by atoms with E-state index in [9.17, 15) is 4.39 Å². The van der Waals surface area contributed by atoms with Crippen molar-refractivity contribution >= 4 is 15.9 Å². The van der Waals surface area contributed by atoms with Crippen LogP contribution in [0.4, 0.5) is 4.39 Å². The van der Waals surface area contributed by atoms with Crippen LogP contribution >= 0.6 is 15.9 Å². The fourth-order valence-corrected chi connectivity index (χ4v) is 2.82. The van der Waals surface area contributed by atoms with Crippen LogP contribution in [-0.4, -0.2) is 26.3 Å². The molecule has 1 rings (SSSR count). The molecule has 4 heteroatoms. The van der Waals surface area contributed by atoms with E-state index in [0.717, 1.165) is 38.0 Å². The largest absolute Gasteiger partial charge is 0.384 e. The van der Waals surface area contributed by atoms with Gasteiger partial charge in [-0.15, -0.1) is 0 Å². The minimum Gasteiger partial charge on any atom is -0.384 e. The molecule has 0 fully saturated rings. The third kappa shape index (κ3) is 5.90. The number of methoxy groups -OCH3 is 1. The predicted octanol–water partition coefficient (Wildman–Crippen LogP) is 4.17. The summed E-state index contributed by atoms with van der Waals surface area (Å²) in [4.78, 5) is 0. The van der Waals surface area contributed by atoms with Crippen molar-refractivity contribution in [2.45, 2.75) is 39.2 Å². The van der Waals surface area contributed by atoms with Crippen LogP contribution in [0, 0.1) is 11.7 Å². The molecule has 0 bridgehead atoms. The molecule has 0 spiro atoms. The molecule has 0 aromatic heterocycles. The number of benzene rings is 1. The summed E-state index contributed by atoms with van der Waals surface area (Å²) in [5, 5.41) is 3.56. The summed E-state index contributed by atoms with van der Waals surface area (Å²) in [7, 11) is 1.73. The number of rotatable bonds is 9. The molecule has 1 aromatic rings. The summed E-state index contributed by atoms with van der Waals surface area (Å²) >= 11 is 3.35. The number of halogens is 2. The summed E-state index contributed by atoms with van der Waals surface area (Å²) in [5.41, 5.74) is 1.02. The van der Waals surface area contributed by atoms with Gasteiger partial charge in [-0.3, -0.25) is 0 Å². The van der Waals surface area contributed by atoms with Gasteiger partial charge in [0.1, 0.15) is 5.82 Å².